The van der Waals surface area contributed by atoms with E-state index in [1.165, 1.54) is 11.8 Å². The third kappa shape index (κ3) is 4.04. The maximum atomic E-state index is 13.0. The number of carbonyl (C=O) groups excluding carboxylic acids is 1. The van der Waals surface area contributed by atoms with Crippen molar-refractivity contribution in [3.05, 3.63) is 59.7 Å². The number of hydrogen-bond acceptors (Lipinski definition) is 4. The van der Waals surface area contributed by atoms with Crippen molar-refractivity contribution < 1.29 is 9.53 Å². The van der Waals surface area contributed by atoms with Gasteiger partial charge in [-0.25, -0.2) is 0 Å². The number of nitriles is 1. The maximum absolute atomic E-state index is 13.0. The van der Waals surface area contributed by atoms with Gasteiger partial charge in [0.15, 0.2) is 0 Å². The van der Waals surface area contributed by atoms with Gasteiger partial charge in [-0.15, -0.1) is 0 Å². The summed E-state index contributed by atoms with van der Waals surface area (Å²) >= 11 is 1.47. The Balaban J connectivity index is 1.82. The van der Waals surface area contributed by atoms with Gasteiger partial charge in [0.1, 0.15) is 6.07 Å². The van der Waals surface area contributed by atoms with Crippen LogP contribution in [-0.4, -0.2) is 37.1 Å². The molecule has 2 aromatic rings. The second kappa shape index (κ2) is 8.19. The molecule has 0 unspecified atom stereocenters. The summed E-state index contributed by atoms with van der Waals surface area (Å²) in [5, 5.41) is 9.28. The summed E-state index contributed by atoms with van der Waals surface area (Å²) in [5.41, 5.74) is 1.31. The molecule has 1 aliphatic rings. The topological polar surface area (TPSA) is 53.3 Å². The molecule has 0 bridgehead atoms. The smallest absolute Gasteiger partial charge is 0.255 e. The van der Waals surface area contributed by atoms with E-state index in [1.54, 1.807) is 13.2 Å². The Hall–Kier alpha value is -2.29. The molecule has 3 rings (SSSR count). The molecular weight excluding hydrogens is 332 g/mol. The highest BCUT2D eigenvalue weighted by Gasteiger charge is 2.25. The van der Waals surface area contributed by atoms with Gasteiger partial charge in [-0.3, -0.25) is 4.79 Å². The van der Waals surface area contributed by atoms with Gasteiger partial charge in [-0.1, -0.05) is 36.0 Å². The first-order chi connectivity index (χ1) is 12.2. The van der Waals surface area contributed by atoms with Crippen molar-refractivity contribution in [2.45, 2.75) is 28.7 Å². The molecule has 0 saturated carbocycles. The van der Waals surface area contributed by atoms with Gasteiger partial charge in [0.05, 0.1) is 17.2 Å². The van der Waals surface area contributed by atoms with Gasteiger partial charge in [-0.05, 0) is 37.1 Å². The first-order valence-corrected chi connectivity index (χ1v) is 9.12. The van der Waals surface area contributed by atoms with E-state index in [9.17, 15) is 10.1 Å². The number of amides is 1. The highest BCUT2D eigenvalue weighted by molar-refractivity contribution is 7.99. The molecule has 5 heteroatoms. The van der Waals surface area contributed by atoms with Crippen molar-refractivity contribution in [3.63, 3.8) is 0 Å². The zero-order valence-corrected chi connectivity index (χ0v) is 15.0. The van der Waals surface area contributed by atoms with E-state index < -0.39 is 0 Å². The second-order valence-electron chi connectivity index (χ2n) is 5.93. The molecule has 2 aromatic carbocycles. The molecule has 1 amide bonds. The number of methoxy groups -OCH3 is 1. The van der Waals surface area contributed by atoms with Crippen LogP contribution in [0, 0.1) is 11.3 Å². The molecule has 1 saturated heterocycles. The Morgan fingerprint density at radius 2 is 1.76 bits per heavy atom. The molecule has 0 aliphatic carbocycles. The molecule has 25 heavy (non-hydrogen) atoms. The number of benzene rings is 2. The predicted molar refractivity (Wildman–Crippen MR) is 97.7 cm³/mol. The van der Waals surface area contributed by atoms with Crippen LogP contribution in [0.1, 0.15) is 28.8 Å². The molecule has 4 nitrogen and oxygen atoms in total. The van der Waals surface area contributed by atoms with Crippen LogP contribution in [0.4, 0.5) is 0 Å². The average molecular weight is 352 g/mol. The van der Waals surface area contributed by atoms with E-state index >= 15 is 0 Å². The molecule has 0 N–H and O–H groups in total. The third-order valence-electron chi connectivity index (χ3n) is 4.41. The summed E-state index contributed by atoms with van der Waals surface area (Å²) in [4.78, 5) is 16.6. The normalized spacial score (nSPS) is 15.0. The Kier molecular flexibility index (Phi) is 5.75. The first kappa shape index (κ1) is 17.5. The number of carbonyl (C=O) groups is 1. The van der Waals surface area contributed by atoms with Gasteiger partial charge in [0, 0.05) is 30.0 Å². The SMILES string of the molecule is COC1CCN(C(=O)c2ccccc2Sc2ccccc2C#N)CC1. The van der Waals surface area contributed by atoms with Gasteiger partial charge in [0.2, 0.25) is 0 Å². The Labute approximate surface area is 152 Å². The van der Waals surface area contributed by atoms with E-state index in [1.807, 2.05) is 47.4 Å². The number of nitrogens with zero attached hydrogens (tertiary/aromatic N) is 2. The highest BCUT2D eigenvalue weighted by Crippen LogP contribution is 2.33. The summed E-state index contributed by atoms with van der Waals surface area (Å²) in [7, 11) is 1.72. The average Bonchev–Trinajstić information content (AvgIpc) is 2.68. The third-order valence-corrected chi connectivity index (χ3v) is 5.56. The lowest BCUT2D eigenvalue weighted by Crippen LogP contribution is -2.40. The molecule has 128 valence electrons. The van der Waals surface area contributed by atoms with Crippen LogP contribution in [-0.2, 0) is 4.74 Å². The molecule has 0 atom stereocenters. The van der Waals surface area contributed by atoms with Crippen LogP contribution < -0.4 is 0 Å². The molecule has 0 spiro atoms. The molecule has 0 radical (unpaired) electrons. The highest BCUT2D eigenvalue weighted by atomic mass is 32.2. The number of piperidine rings is 1. The van der Waals surface area contributed by atoms with Crippen LogP contribution in [0.2, 0.25) is 0 Å². The van der Waals surface area contributed by atoms with E-state index in [4.69, 9.17) is 4.74 Å². The minimum atomic E-state index is 0.0482. The zero-order valence-electron chi connectivity index (χ0n) is 14.1. The van der Waals surface area contributed by atoms with Crippen LogP contribution in [0.5, 0.6) is 0 Å². The van der Waals surface area contributed by atoms with Gasteiger partial charge in [0.25, 0.3) is 5.91 Å². The molecule has 1 fully saturated rings. The van der Waals surface area contributed by atoms with E-state index in [0.29, 0.717) is 24.2 Å². The van der Waals surface area contributed by atoms with Crippen molar-refractivity contribution in [2.24, 2.45) is 0 Å². The van der Waals surface area contributed by atoms with Crippen LogP contribution in [0.3, 0.4) is 0 Å². The second-order valence-corrected chi connectivity index (χ2v) is 7.02. The molecule has 0 aromatic heterocycles. The largest absolute Gasteiger partial charge is 0.381 e. The quantitative estimate of drug-likeness (QED) is 0.836. The van der Waals surface area contributed by atoms with Crippen molar-refractivity contribution in [1.29, 1.82) is 5.26 Å². The lowest BCUT2D eigenvalue weighted by molar-refractivity contribution is 0.0349. The lowest BCUT2D eigenvalue weighted by atomic mass is 10.1. The standard InChI is InChI=1S/C20H20N2O2S/c1-24-16-10-12-22(13-11-16)20(23)17-7-3-5-9-19(17)25-18-8-4-2-6-15(18)14-21/h2-9,16H,10-13H2,1H3. The summed E-state index contributed by atoms with van der Waals surface area (Å²) in [6, 6.07) is 17.3. The van der Waals surface area contributed by atoms with Crippen LogP contribution in [0.25, 0.3) is 0 Å². The Morgan fingerprint density at radius 1 is 1.12 bits per heavy atom. The van der Waals surface area contributed by atoms with Gasteiger partial charge >= 0.3 is 0 Å². The van der Waals surface area contributed by atoms with E-state index in [-0.39, 0.29) is 12.0 Å². The zero-order chi connectivity index (χ0) is 17.6. The van der Waals surface area contributed by atoms with E-state index in [0.717, 1.165) is 22.6 Å². The van der Waals surface area contributed by atoms with Crippen LogP contribution >= 0.6 is 11.8 Å². The number of likely N-dealkylation sites (tertiary alicyclic amines) is 1. The molecular formula is C20H20N2O2S. The van der Waals surface area contributed by atoms with Crippen molar-refractivity contribution >= 4 is 17.7 Å². The van der Waals surface area contributed by atoms with Crippen molar-refractivity contribution in [3.8, 4) is 6.07 Å². The summed E-state index contributed by atoms with van der Waals surface area (Å²) in [5.74, 6) is 0.0482. The monoisotopic (exact) mass is 352 g/mol. The molecule has 1 heterocycles. The summed E-state index contributed by atoms with van der Waals surface area (Å²) in [6.45, 7) is 1.43. The molecule has 1 aliphatic heterocycles. The summed E-state index contributed by atoms with van der Waals surface area (Å²) < 4.78 is 5.38. The lowest BCUT2D eigenvalue weighted by Gasteiger charge is -2.31. The minimum absolute atomic E-state index is 0.0482. The maximum Gasteiger partial charge on any atom is 0.255 e. The van der Waals surface area contributed by atoms with Gasteiger partial charge < -0.3 is 9.64 Å². The fourth-order valence-corrected chi connectivity index (χ4v) is 3.98. The number of hydrogen-bond donors (Lipinski definition) is 0. The van der Waals surface area contributed by atoms with Crippen molar-refractivity contribution in [2.75, 3.05) is 20.2 Å². The fourth-order valence-electron chi connectivity index (χ4n) is 2.96. The predicted octanol–water partition coefficient (Wildman–Crippen LogP) is 3.96. The summed E-state index contributed by atoms with van der Waals surface area (Å²) in [6.07, 6.45) is 1.99. The van der Waals surface area contributed by atoms with Crippen molar-refractivity contribution in [1.82, 2.24) is 4.90 Å². The number of ether oxygens (including phenoxy) is 1. The Morgan fingerprint density at radius 3 is 2.44 bits per heavy atom. The Bertz CT molecular complexity index is 792. The first-order valence-electron chi connectivity index (χ1n) is 8.31. The number of rotatable bonds is 4. The minimum Gasteiger partial charge on any atom is -0.381 e. The van der Waals surface area contributed by atoms with E-state index in [2.05, 4.69) is 6.07 Å². The van der Waals surface area contributed by atoms with Crippen LogP contribution in [0.15, 0.2) is 58.3 Å². The fraction of sp³-hybridized carbons (Fsp3) is 0.300. The van der Waals surface area contributed by atoms with Gasteiger partial charge in [-0.2, -0.15) is 5.26 Å².